The van der Waals surface area contributed by atoms with Gasteiger partial charge in [-0.1, -0.05) is 156 Å². The summed E-state index contributed by atoms with van der Waals surface area (Å²) in [5.74, 6) is 0. The van der Waals surface area contributed by atoms with E-state index in [0.29, 0.717) is 0 Å². The van der Waals surface area contributed by atoms with Gasteiger partial charge in [-0.3, -0.25) is 0 Å². The molecule has 0 atom stereocenters. The summed E-state index contributed by atoms with van der Waals surface area (Å²) in [4.78, 5) is 0. The van der Waals surface area contributed by atoms with Crippen LogP contribution in [0.5, 0.6) is 0 Å². The third-order valence-corrected chi connectivity index (χ3v) is 8.08. The Bertz CT molecular complexity index is 1690. The molecule has 0 N–H and O–H groups in total. The lowest BCUT2D eigenvalue weighted by Crippen LogP contribution is -2.03. The van der Waals surface area contributed by atoms with Crippen molar-refractivity contribution >= 4 is 22.9 Å². The van der Waals surface area contributed by atoms with Crippen molar-refractivity contribution < 1.29 is 0 Å². The molecule has 0 spiro atoms. The predicted molar refractivity (Wildman–Crippen MR) is 194 cm³/mol. The van der Waals surface area contributed by atoms with E-state index in [9.17, 15) is 0 Å². The van der Waals surface area contributed by atoms with Crippen LogP contribution in [-0.2, 0) is 12.8 Å². The molecular weight excluding hydrogens is 516 g/mol. The van der Waals surface area contributed by atoms with Crippen LogP contribution in [-0.4, -0.2) is 0 Å². The number of hydrogen-bond donors (Lipinski definition) is 0. The first-order valence-corrected chi connectivity index (χ1v) is 16.5. The summed E-state index contributed by atoms with van der Waals surface area (Å²) in [6, 6.07) is 34.1. The van der Waals surface area contributed by atoms with Gasteiger partial charge in [0.15, 0.2) is 0 Å². The van der Waals surface area contributed by atoms with Gasteiger partial charge in [-0.2, -0.15) is 0 Å². The Morgan fingerprint density at radius 3 is 1.70 bits per heavy atom. The molecule has 0 amide bonds. The molecule has 2 aliphatic carbocycles. The van der Waals surface area contributed by atoms with E-state index < -0.39 is 0 Å². The summed E-state index contributed by atoms with van der Waals surface area (Å²) in [5, 5.41) is 2.69. The fourth-order valence-corrected chi connectivity index (χ4v) is 6.18. The van der Waals surface area contributed by atoms with E-state index in [4.69, 9.17) is 0 Å². The zero-order chi connectivity index (χ0) is 30.8. The van der Waals surface area contributed by atoms with Crippen molar-refractivity contribution in [2.24, 2.45) is 0 Å². The summed E-state index contributed by atoms with van der Waals surface area (Å²) in [6.07, 6.45) is 13.8. The lowest BCUT2D eigenvalue weighted by molar-refractivity contribution is 0.983. The third-order valence-electron chi connectivity index (χ3n) is 8.08. The average Bonchev–Trinajstić information content (AvgIpc) is 3.10. The van der Waals surface area contributed by atoms with Gasteiger partial charge in [0.05, 0.1) is 0 Å². The molecule has 5 aromatic rings. The highest BCUT2D eigenvalue weighted by Gasteiger charge is 2.22. The van der Waals surface area contributed by atoms with Gasteiger partial charge in [0.2, 0.25) is 0 Å². The lowest BCUT2D eigenvalue weighted by atomic mass is 9.79. The third kappa shape index (κ3) is 6.60. The number of benzene rings is 5. The van der Waals surface area contributed by atoms with Gasteiger partial charge in [0, 0.05) is 0 Å². The van der Waals surface area contributed by atoms with E-state index in [2.05, 4.69) is 122 Å². The van der Waals surface area contributed by atoms with Gasteiger partial charge >= 0.3 is 0 Å². The Morgan fingerprint density at radius 2 is 1.02 bits per heavy atom. The summed E-state index contributed by atoms with van der Waals surface area (Å²) in [5.41, 5.74) is 14.9. The molecule has 0 heterocycles. The molecule has 0 aromatic heterocycles. The van der Waals surface area contributed by atoms with Crippen molar-refractivity contribution in [3.8, 4) is 33.4 Å². The highest BCUT2D eigenvalue weighted by molar-refractivity contribution is 6.10. The first kappa shape index (κ1) is 31.8. The van der Waals surface area contributed by atoms with Crippen molar-refractivity contribution in [1.29, 1.82) is 0 Å². The average molecular weight is 565 g/mol. The van der Waals surface area contributed by atoms with E-state index in [-0.39, 0.29) is 0 Å². The Labute approximate surface area is 260 Å². The van der Waals surface area contributed by atoms with Crippen LogP contribution in [0.3, 0.4) is 0 Å². The molecule has 220 valence electrons. The molecule has 0 heteroatoms. The number of fused-ring (bicyclic) bond motifs is 3. The second kappa shape index (κ2) is 15.4. The Morgan fingerprint density at radius 1 is 0.488 bits per heavy atom. The molecule has 0 fully saturated rings. The Hall–Kier alpha value is -4.16. The zero-order valence-corrected chi connectivity index (χ0v) is 27.3. The maximum atomic E-state index is 2.42. The van der Waals surface area contributed by atoms with Crippen LogP contribution < -0.4 is 0 Å². The number of allylic oxidation sites excluding steroid dienone is 2. The van der Waals surface area contributed by atoms with Gasteiger partial charge in [-0.15, -0.1) is 0 Å². The van der Waals surface area contributed by atoms with E-state index >= 15 is 0 Å². The van der Waals surface area contributed by atoms with E-state index in [1.807, 2.05) is 41.5 Å². The van der Waals surface area contributed by atoms with E-state index in [0.717, 1.165) is 25.7 Å². The summed E-state index contributed by atoms with van der Waals surface area (Å²) < 4.78 is 0. The van der Waals surface area contributed by atoms with Crippen molar-refractivity contribution in [2.75, 3.05) is 0 Å². The first-order chi connectivity index (χ1) is 21.3. The van der Waals surface area contributed by atoms with Gasteiger partial charge in [-0.05, 0) is 105 Å². The first-order valence-electron chi connectivity index (χ1n) is 16.5. The van der Waals surface area contributed by atoms with Crippen molar-refractivity contribution in [2.45, 2.75) is 74.1 Å². The molecule has 0 aliphatic heterocycles. The standard InChI is InChI=1S/C37H30.3C2H6/c1-25-14-16-27(17-15-25)28-18-21-29(22-19-28)36-32-10-4-6-12-34(32)37(35-13-7-5-11-33(35)36)31-23-20-26-8-2-3-9-30(26)24-31;3*1-2/h3-6,9-12,14-24H,2,7-8,13H2,1H3;3*1-2H3. The normalized spacial score (nSPS) is 12.4. The summed E-state index contributed by atoms with van der Waals surface area (Å²) >= 11 is 0. The van der Waals surface area contributed by atoms with Gasteiger partial charge < -0.3 is 0 Å². The molecule has 0 saturated heterocycles. The van der Waals surface area contributed by atoms with Crippen LogP contribution in [0, 0.1) is 6.92 Å². The second-order valence-electron chi connectivity index (χ2n) is 10.4. The zero-order valence-electron chi connectivity index (χ0n) is 27.3. The minimum Gasteiger partial charge on any atom is -0.0836 e. The molecule has 0 bridgehead atoms. The van der Waals surface area contributed by atoms with Gasteiger partial charge in [-0.25, -0.2) is 0 Å². The Kier molecular flexibility index (Phi) is 11.3. The predicted octanol–water partition coefficient (Wildman–Crippen LogP) is 13.1. The molecular formula is C43H48. The number of rotatable bonds is 3. The quantitative estimate of drug-likeness (QED) is 0.204. The van der Waals surface area contributed by atoms with Crippen molar-refractivity contribution in [3.05, 3.63) is 131 Å². The van der Waals surface area contributed by atoms with E-state index in [1.54, 1.807) is 0 Å². The number of aryl methyl sites for hydroxylation is 2. The molecule has 0 radical (unpaired) electrons. The minimum atomic E-state index is 1.08. The summed E-state index contributed by atoms with van der Waals surface area (Å²) in [7, 11) is 0. The smallest absolute Gasteiger partial charge is 0.00297 e. The van der Waals surface area contributed by atoms with Crippen LogP contribution >= 0.6 is 0 Å². The fourth-order valence-electron chi connectivity index (χ4n) is 6.18. The summed E-state index contributed by atoms with van der Waals surface area (Å²) in [6.45, 7) is 14.1. The Balaban J connectivity index is 0.000000666. The van der Waals surface area contributed by atoms with Crippen LogP contribution in [0.4, 0.5) is 0 Å². The highest BCUT2D eigenvalue weighted by Crippen LogP contribution is 2.45. The molecule has 0 unspecified atom stereocenters. The van der Waals surface area contributed by atoms with Crippen LogP contribution in [0.25, 0.3) is 56.3 Å². The highest BCUT2D eigenvalue weighted by atomic mass is 14.3. The second-order valence-corrected chi connectivity index (χ2v) is 10.4. The van der Waals surface area contributed by atoms with Crippen LogP contribution in [0.15, 0.2) is 103 Å². The lowest BCUT2D eigenvalue weighted by Gasteiger charge is -2.24. The molecule has 0 nitrogen and oxygen atoms in total. The largest absolute Gasteiger partial charge is 0.0836 e. The monoisotopic (exact) mass is 564 g/mol. The minimum absolute atomic E-state index is 1.08. The molecule has 5 aromatic carbocycles. The maximum Gasteiger partial charge on any atom is -0.00297 e. The van der Waals surface area contributed by atoms with Crippen LogP contribution in [0.1, 0.15) is 82.2 Å². The van der Waals surface area contributed by atoms with E-state index in [1.165, 1.54) is 72.0 Å². The molecule has 43 heavy (non-hydrogen) atoms. The van der Waals surface area contributed by atoms with Crippen LogP contribution in [0.2, 0.25) is 0 Å². The SMILES string of the molecule is CC.CC.CC.Cc1ccc(-c2ccc(-c3c4c(c(-c5ccc6c(c5)C=CCC6)c5ccccc35)CCC=C4)cc2)cc1. The van der Waals surface area contributed by atoms with Crippen molar-refractivity contribution in [3.63, 3.8) is 0 Å². The number of hydrogen-bond acceptors (Lipinski definition) is 0. The maximum absolute atomic E-state index is 2.42. The van der Waals surface area contributed by atoms with Gasteiger partial charge in [0.25, 0.3) is 0 Å². The molecule has 2 aliphatic rings. The molecule has 0 saturated carbocycles. The van der Waals surface area contributed by atoms with Crippen molar-refractivity contribution in [1.82, 2.24) is 0 Å². The van der Waals surface area contributed by atoms with Gasteiger partial charge in [0.1, 0.15) is 0 Å². The topological polar surface area (TPSA) is 0 Å². The fraction of sp³-hybridized carbons (Fsp3) is 0.256. The molecule has 7 rings (SSSR count).